The molecule has 2 heteroatoms. The van der Waals surface area contributed by atoms with Crippen LogP contribution in [0.25, 0.3) is 0 Å². The molecule has 1 N–H and O–H groups in total. The lowest BCUT2D eigenvalue weighted by molar-refractivity contribution is 0.364. The molecule has 2 unspecified atom stereocenters. The highest BCUT2D eigenvalue weighted by molar-refractivity contribution is 5.19. The molecule has 1 aromatic carbocycles. The molecule has 0 aromatic heterocycles. The molecule has 102 valence electrons. The summed E-state index contributed by atoms with van der Waals surface area (Å²) in [5, 5.41) is 3.36. The third-order valence-electron chi connectivity index (χ3n) is 3.73. The molecule has 0 spiro atoms. The summed E-state index contributed by atoms with van der Waals surface area (Å²) in [4.78, 5) is 0. The van der Waals surface area contributed by atoms with Gasteiger partial charge in [-0.2, -0.15) is 0 Å². The number of unbranched alkanes of at least 4 members (excludes halogenated alkanes) is 1. The van der Waals surface area contributed by atoms with E-state index >= 15 is 0 Å². The van der Waals surface area contributed by atoms with Crippen molar-refractivity contribution in [3.8, 4) is 0 Å². The highest BCUT2D eigenvalue weighted by atomic mass is 19.1. The van der Waals surface area contributed by atoms with E-state index in [1.54, 1.807) is 12.1 Å². The average molecular weight is 251 g/mol. The Labute approximate surface area is 111 Å². The molecule has 0 amide bonds. The van der Waals surface area contributed by atoms with E-state index in [-0.39, 0.29) is 5.82 Å². The van der Waals surface area contributed by atoms with E-state index in [1.807, 2.05) is 19.2 Å². The van der Waals surface area contributed by atoms with E-state index in [4.69, 9.17) is 0 Å². The zero-order valence-corrected chi connectivity index (χ0v) is 11.9. The third-order valence-corrected chi connectivity index (χ3v) is 3.73. The molecule has 0 bridgehead atoms. The molecule has 0 saturated heterocycles. The van der Waals surface area contributed by atoms with E-state index in [0.29, 0.717) is 6.04 Å². The van der Waals surface area contributed by atoms with Crippen molar-refractivity contribution >= 4 is 0 Å². The Morgan fingerprint density at radius 1 is 1.17 bits per heavy atom. The van der Waals surface area contributed by atoms with Gasteiger partial charge in [-0.3, -0.25) is 0 Å². The highest BCUT2D eigenvalue weighted by Crippen LogP contribution is 2.26. The molecule has 1 nitrogen and oxygen atoms in total. The molecule has 0 saturated carbocycles. The van der Waals surface area contributed by atoms with Crippen LogP contribution in [0, 0.1) is 11.7 Å². The molecule has 2 atom stereocenters. The monoisotopic (exact) mass is 251 g/mol. The molecule has 0 fully saturated rings. The number of nitrogens with one attached hydrogen (secondary N) is 1. The summed E-state index contributed by atoms with van der Waals surface area (Å²) in [6.45, 7) is 4.50. The summed E-state index contributed by atoms with van der Waals surface area (Å²) in [6.07, 6.45) is 6.22. The van der Waals surface area contributed by atoms with E-state index in [2.05, 4.69) is 19.2 Å². The lowest BCUT2D eigenvalue weighted by atomic mass is 9.89. The third kappa shape index (κ3) is 4.77. The lowest BCUT2D eigenvalue weighted by Crippen LogP contribution is -2.20. The first-order valence-electron chi connectivity index (χ1n) is 7.13. The molecular formula is C16H26FN. The minimum absolute atomic E-state index is 0.161. The van der Waals surface area contributed by atoms with Crippen molar-refractivity contribution in [3.63, 3.8) is 0 Å². The van der Waals surface area contributed by atoms with Gasteiger partial charge in [-0.05, 0) is 37.1 Å². The van der Waals surface area contributed by atoms with Gasteiger partial charge in [0.1, 0.15) is 5.82 Å². The smallest absolute Gasteiger partial charge is 0.123 e. The number of hydrogen-bond acceptors (Lipinski definition) is 1. The quantitative estimate of drug-likeness (QED) is 0.706. The van der Waals surface area contributed by atoms with Crippen molar-refractivity contribution < 1.29 is 4.39 Å². The van der Waals surface area contributed by atoms with Gasteiger partial charge in [-0.25, -0.2) is 4.39 Å². The van der Waals surface area contributed by atoms with Crippen LogP contribution >= 0.6 is 0 Å². The van der Waals surface area contributed by atoms with Gasteiger partial charge in [-0.1, -0.05) is 51.7 Å². The molecule has 0 aliphatic rings. The molecule has 0 radical (unpaired) electrons. The maximum absolute atomic E-state index is 12.9. The first-order valence-corrected chi connectivity index (χ1v) is 7.13. The van der Waals surface area contributed by atoms with Crippen LogP contribution in [0.2, 0.25) is 0 Å². The number of hydrogen-bond donors (Lipinski definition) is 1. The first-order chi connectivity index (χ1) is 8.71. The summed E-state index contributed by atoms with van der Waals surface area (Å²) in [7, 11) is 1.99. The Kier molecular flexibility index (Phi) is 6.96. The normalized spacial score (nSPS) is 14.4. The van der Waals surface area contributed by atoms with Gasteiger partial charge < -0.3 is 5.32 Å². The van der Waals surface area contributed by atoms with Crippen LogP contribution < -0.4 is 5.32 Å². The van der Waals surface area contributed by atoms with Gasteiger partial charge in [0.05, 0.1) is 0 Å². The van der Waals surface area contributed by atoms with Crippen LogP contribution in [-0.4, -0.2) is 7.05 Å². The summed E-state index contributed by atoms with van der Waals surface area (Å²) in [6, 6.07) is 7.22. The number of benzene rings is 1. The van der Waals surface area contributed by atoms with E-state index in [9.17, 15) is 4.39 Å². The zero-order valence-electron chi connectivity index (χ0n) is 11.9. The zero-order chi connectivity index (χ0) is 13.4. The van der Waals surface area contributed by atoms with E-state index in [0.717, 1.165) is 12.3 Å². The molecular weight excluding hydrogens is 225 g/mol. The predicted molar refractivity (Wildman–Crippen MR) is 76.1 cm³/mol. The highest BCUT2D eigenvalue weighted by Gasteiger charge is 2.15. The molecule has 0 aliphatic carbocycles. The van der Waals surface area contributed by atoms with Crippen molar-refractivity contribution in [2.45, 2.75) is 52.0 Å². The van der Waals surface area contributed by atoms with E-state index in [1.165, 1.54) is 31.2 Å². The lowest BCUT2D eigenvalue weighted by Gasteiger charge is -2.23. The largest absolute Gasteiger partial charge is 0.313 e. The molecule has 18 heavy (non-hydrogen) atoms. The van der Waals surface area contributed by atoms with Gasteiger partial charge in [0.2, 0.25) is 0 Å². The number of halogens is 1. The van der Waals surface area contributed by atoms with Gasteiger partial charge in [0.25, 0.3) is 0 Å². The summed E-state index contributed by atoms with van der Waals surface area (Å²) in [5.41, 5.74) is 1.19. The van der Waals surface area contributed by atoms with Crippen molar-refractivity contribution in [1.29, 1.82) is 0 Å². The molecule has 0 aliphatic heterocycles. The Morgan fingerprint density at radius 2 is 1.83 bits per heavy atom. The Bertz CT molecular complexity index is 320. The van der Waals surface area contributed by atoms with Crippen molar-refractivity contribution in [2.75, 3.05) is 7.05 Å². The molecule has 0 heterocycles. The SMILES string of the molecule is CCCCC(CC)CC(NC)c1ccc(F)cc1. The van der Waals surface area contributed by atoms with E-state index < -0.39 is 0 Å². The van der Waals surface area contributed by atoms with Gasteiger partial charge in [0, 0.05) is 6.04 Å². The second kappa shape index (κ2) is 8.25. The van der Waals surface area contributed by atoms with Crippen molar-refractivity contribution in [3.05, 3.63) is 35.6 Å². The van der Waals surface area contributed by atoms with Crippen LogP contribution in [0.15, 0.2) is 24.3 Å². The van der Waals surface area contributed by atoms with Gasteiger partial charge in [-0.15, -0.1) is 0 Å². The second-order valence-corrected chi connectivity index (χ2v) is 5.05. The summed E-state index contributed by atoms with van der Waals surface area (Å²) < 4.78 is 12.9. The second-order valence-electron chi connectivity index (χ2n) is 5.05. The summed E-state index contributed by atoms with van der Waals surface area (Å²) in [5.74, 6) is 0.596. The maximum Gasteiger partial charge on any atom is 0.123 e. The van der Waals surface area contributed by atoms with Crippen molar-refractivity contribution in [2.24, 2.45) is 5.92 Å². The van der Waals surface area contributed by atoms with Crippen LogP contribution in [0.4, 0.5) is 4.39 Å². The first kappa shape index (κ1) is 15.2. The van der Waals surface area contributed by atoms with Gasteiger partial charge in [0.15, 0.2) is 0 Å². The van der Waals surface area contributed by atoms with Gasteiger partial charge >= 0.3 is 0 Å². The standard InChI is InChI=1S/C16H26FN/c1-4-6-7-13(5-2)12-16(18-3)14-8-10-15(17)11-9-14/h8-11,13,16,18H,4-7,12H2,1-3H3. The summed E-state index contributed by atoms with van der Waals surface area (Å²) >= 11 is 0. The average Bonchev–Trinajstić information content (AvgIpc) is 2.40. The maximum atomic E-state index is 12.9. The van der Waals surface area contributed by atoms with Crippen LogP contribution in [0.1, 0.15) is 57.6 Å². The fraction of sp³-hybridized carbons (Fsp3) is 0.625. The fourth-order valence-electron chi connectivity index (χ4n) is 2.43. The predicted octanol–water partition coefficient (Wildman–Crippen LogP) is 4.69. The van der Waals surface area contributed by atoms with Crippen molar-refractivity contribution in [1.82, 2.24) is 5.32 Å². The topological polar surface area (TPSA) is 12.0 Å². The Hall–Kier alpha value is -0.890. The minimum Gasteiger partial charge on any atom is -0.313 e. The molecule has 1 aromatic rings. The Morgan fingerprint density at radius 3 is 2.33 bits per heavy atom. The van der Waals surface area contributed by atoms with Crippen LogP contribution in [0.3, 0.4) is 0 Å². The number of rotatable bonds is 8. The minimum atomic E-state index is -0.161. The van der Waals surface area contributed by atoms with Crippen LogP contribution in [0.5, 0.6) is 0 Å². The molecule has 1 rings (SSSR count). The fourth-order valence-corrected chi connectivity index (χ4v) is 2.43. The Balaban J connectivity index is 2.62. The van der Waals surface area contributed by atoms with Crippen LogP contribution in [-0.2, 0) is 0 Å².